The highest BCUT2D eigenvalue weighted by Crippen LogP contribution is 2.34. The zero-order chi connectivity index (χ0) is 34.4. The fourth-order valence-electron chi connectivity index (χ4n) is 6.46. The lowest BCUT2D eigenvalue weighted by molar-refractivity contribution is -0.128. The van der Waals surface area contributed by atoms with Gasteiger partial charge in [-0.2, -0.15) is 0 Å². The first-order valence-corrected chi connectivity index (χ1v) is 16.4. The molecule has 1 saturated carbocycles. The molecule has 1 aromatic carbocycles. The van der Waals surface area contributed by atoms with Gasteiger partial charge in [0.2, 0.25) is 11.8 Å². The number of anilines is 1. The van der Waals surface area contributed by atoms with E-state index >= 15 is 4.39 Å². The van der Waals surface area contributed by atoms with Crippen LogP contribution in [-0.4, -0.2) is 76.4 Å². The third kappa shape index (κ3) is 8.76. The Labute approximate surface area is 272 Å². The maximum atomic E-state index is 15.7. The van der Waals surface area contributed by atoms with Crippen LogP contribution in [0.3, 0.4) is 0 Å². The average molecular weight is 663 g/mol. The zero-order valence-electron chi connectivity index (χ0n) is 27.4. The number of piperidine rings is 1. The summed E-state index contributed by atoms with van der Waals surface area (Å²) in [7, 11) is 0. The largest absolute Gasteiger partial charge is 0.342 e. The fraction of sp³-hybridized carbons (Fsp3) is 0.636. The third-order valence-electron chi connectivity index (χ3n) is 9.71. The number of carbonyl (C=O) groups is 4. The highest BCUT2D eigenvalue weighted by molar-refractivity contribution is 6.01. The number of aromatic nitrogens is 2. The average Bonchev–Trinajstić information content (AvgIpc) is 3.54. The van der Waals surface area contributed by atoms with Gasteiger partial charge in [-0.3, -0.25) is 14.4 Å². The molecule has 3 amide bonds. The molecule has 11 nitrogen and oxygen atoms in total. The Balaban J connectivity index is 1.55. The molecule has 1 saturated heterocycles. The normalized spacial score (nSPS) is 22.4. The molecule has 4 rings (SSSR count). The molecule has 2 fully saturated rings. The molecule has 3 N–H and O–H groups in total. The van der Waals surface area contributed by atoms with E-state index in [9.17, 15) is 28.0 Å². The summed E-state index contributed by atoms with van der Waals surface area (Å²) >= 11 is 0. The van der Waals surface area contributed by atoms with Gasteiger partial charge in [-0.25, -0.2) is 17.8 Å². The van der Waals surface area contributed by atoms with Crippen molar-refractivity contribution in [2.45, 2.75) is 102 Å². The minimum atomic E-state index is -2.79. The number of hydrogen-bond donors (Lipinski definition) is 3. The molecule has 0 spiro atoms. The van der Waals surface area contributed by atoms with Crippen LogP contribution in [0.1, 0.15) is 100 Å². The lowest BCUT2D eigenvalue weighted by Crippen LogP contribution is -2.61. The fourth-order valence-corrected chi connectivity index (χ4v) is 6.46. The summed E-state index contributed by atoms with van der Waals surface area (Å²) in [5.41, 5.74) is -0.930. The van der Waals surface area contributed by atoms with E-state index in [1.54, 1.807) is 31.7 Å². The van der Waals surface area contributed by atoms with Gasteiger partial charge in [0.05, 0.1) is 5.69 Å². The van der Waals surface area contributed by atoms with Crippen LogP contribution in [0.5, 0.6) is 0 Å². The second-order valence-corrected chi connectivity index (χ2v) is 13.0. The van der Waals surface area contributed by atoms with Crippen molar-refractivity contribution in [3.05, 3.63) is 41.0 Å². The molecule has 1 aliphatic heterocycles. The molecular formula is C33H45F3N6O5. The number of benzene rings is 1. The van der Waals surface area contributed by atoms with E-state index < -0.39 is 47.0 Å². The number of amides is 3. The number of alkyl halides is 2. The Bertz CT molecular complexity index is 1420. The number of rotatable bonds is 13. The van der Waals surface area contributed by atoms with Crippen molar-refractivity contribution in [2.24, 2.45) is 11.8 Å². The van der Waals surface area contributed by atoms with Crippen molar-refractivity contribution in [3.63, 3.8) is 0 Å². The lowest BCUT2D eigenvalue weighted by atomic mass is 9.79. The first kappa shape index (κ1) is 36.0. The molecule has 3 atom stereocenters. The molecule has 14 heteroatoms. The topological polar surface area (TPSA) is 147 Å². The number of likely N-dealkylation sites (tertiary alicyclic amines) is 1. The molecule has 0 bridgehead atoms. The van der Waals surface area contributed by atoms with Gasteiger partial charge < -0.3 is 25.6 Å². The molecule has 258 valence electrons. The van der Waals surface area contributed by atoms with Crippen molar-refractivity contribution in [3.8, 4) is 0 Å². The Morgan fingerprint density at radius 3 is 2.40 bits per heavy atom. The summed E-state index contributed by atoms with van der Waals surface area (Å²) in [4.78, 5) is 53.7. The second kappa shape index (κ2) is 15.4. The predicted molar refractivity (Wildman–Crippen MR) is 167 cm³/mol. The standard InChI is InChI=1S/C33H45F3N6O5/c1-5-25-29(41-47-40-25)31(46)38-28(22-9-7-20(3)8-10-22)30(45)37-26-12-11-23(17-24(26)34)21(4)32(19-43,39-27(44)6-2)18-42-15-13-33(35,36)14-16-42/h11-12,17,19-22,28H,5-10,13-16,18H2,1-4H3,(H,37,45)(H,38,46)(H,39,44)/t20-,21-,22-,28-,32?/m0/s1. The van der Waals surface area contributed by atoms with Gasteiger partial charge in [0.15, 0.2) is 5.69 Å². The summed E-state index contributed by atoms with van der Waals surface area (Å²) in [5, 5.41) is 15.6. The highest BCUT2D eigenvalue weighted by Gasteiger charge is 2.43. The van der Waals surface area contributed by atoms with Crippen LogP contribution in [0, 0.1) is 17.7 Å². The van der Waals surface area contributed by atoms with Gasteiger partial charge in [0.25, 0.3) is 11.8 Å². The van der Waals surface area contributed by atoms with Gasteiger partial charge in [-0.05, 0) is 54.0 Å². The minimum absolute atomic E-state index is 0.00825. The van der Waals surface area contributed by atoms with Crippen LogP contribution < -0.4 is 16.0 Å². The van der Waals surface area contributed by atoms with Crippen LogP contribution in [-0.2, 0) is 20.8 Å². The van der Waals surface area contributed by atoms with Gasteiger partial charge in [0.1, 0.15) is 29.4 Å². The lowest BCUT2D eigenvalue weighted by Gasteiger charge is -2.41. The van der Waals surface area contributed by atoms with Gasteiger partial charge in [0, 0.05) is 44.8 Å². The van der Waals surface area contributed by atoms with Gasteiger partial charge >= 0.3 is 0 Å². The molecule has 47 heavy (non-hydrogen) atoms. The van der Waals surface area contributed by atoms with Crippen molar-refractivity contribution < 1.29 is 37.0 Å². The Kier molecular flexibility index (Phi) is 11.8. The molecule has 2 heterocycles. The molecule has 1 aromatic heterocycles. The van der Waals surface area contributed by atoms with E-state index in [1.807, 2.05) is 0 Å². The van der Waals surface area contributed by atoms with Gasteiger partial charge in [-0.15, -0.1) is 0 Å². The van der Waals surface area contributed by atoms with Crippen LogP contribution in [0.25, 0.3) is 0 Å². The van der Waals surface area contributed by atoms with E-state index in [0.717, 1.165) is 12.8 Å². The maximum Gasteiger partial charge on any atom is 0.276 e. The van der Waals surface area contributed by atoms with Crippen LogP contribution in [0.2, 0.25) is 0 Å². The number of hydrogen-bond acceptors (Lipinski definition) is 8. The molecule has 2 aliphatic rings. The van der Waals surface area contributed by atoms with Crippen LogP contribution in [0.15, 0.2) is 22.8 Å². The second-order valence-electron chi connectivity index (χ2n) is 13.0. The highest BCUT2D eigenvalue weighted by atomic mass is 19.3. The first-order chi connectivity index (χ1) is 22.3. The molecule has 0 radical (unpaired) electrons. The third-order valence-corrected chi connectivity index (χ3v) is 9.71. The minimum Gasteiger partial charge on any atom is -0.342 e. The number of aryl methyl sites for hydroxylation is 1. The van der Waals surface area contributed by atoms with E-state index in [4.69, 9.17) is 4.63 Å². The SMILES string of the molecule is CCC(=O)NC(C=O)(CN1CCC(F)(F)CC1)[C@@H](C)c1ccc(NC(=O)[C@@H](NC(=O)c2nonc2CC)[C@H]2CC[C@H](C)CC2)c(F)c1. The van der Waals surface area contributed by atoms with Gasteiger partial charge in [-0.1, -0.05) is 51.8 Å². The number of halogens is 3. The van der Waals surface area contributed by atoms with E-state index in [-0.39, 0.29) is 56.2 Å². The van der Waals surface area contributed by atoms with Crippen molar-refractivity contribution in [1.29, 1.82) is 0 Å². The molecule has 1 unspecified atom stereocenters. The van der Waals surface area contributed by atoms with E-state index in [2.05, 4.69) is 33.2 Å². The smallest absolute Gasteiger partial charge is 0.276 e. The summed E-state index contributed by atoms with van der Waals surface area (Å²) in [6.45, 7) is 7.28. The molecule has 2 aromatic rings. The van der Waals surface area contributed by atoms with Crippen LogP contribution in [0.4, 0.5) is 18.9 Å². The first-order valence-electron chi connectivity index (χ1n) is 16.4. The van der Waals surface area contributed by atoms with Crippen LogP contribution >= 0.6 is 0 Å². The number of carbonyl (C=O) groups excluding carboxylic acids is 4. The number of aldehydes is 1. The summed E-state index contributed by atoms with van der Waals surface area (Å²) in [6, 6.07) is 3.13. The summed E-state index contributed by atoms with van der Waals surface area (Å²) < 4.78 is 48.0. The number of nitrogens with zero attached hydrogens (tertiary/aromatic N) is 3. The Morgan fingerprint density at radius 2 is 1.81 bits per heavy atom. The zero-order valence-corrected chi connectivity index (χ0v) is 27.4. The van der Waals surface area contributed by atoms with E-state index in [0.29, 0.717) is 42.7 Å². The summed E-state index contributed by atoms with van der Waals surface area (Å²) in [5.74, 6) is -5.63. The maximum absolute atomic E-state index is 15.7. The molecular weight excluding hydrogens is 617 g/mol. The Morgan fingerprint density at radius 1 is 1.13 bits per heavy atom. The monoisotopic (exact) mass is 662 g/mol. The van der Waals surface area contributed by atoms with Crippen molar-refractivity contribution in [1.82, 2.24) is 25.8 Å². The Hall–Kier alpha value is -3.81. The quantitative estimate of drug-likeness (QED) is 0.263. The number of nitrogens with one attached hydrogen (secondary N) is 3. The molecule has 1 aliphatic carbocycles. The van der Waals surface area contributed by atoms with E-state index in [1.165, 1.54) is 12.1 Å². The van der Waals surface area contributed by atoms with Crippen molar-refractivity contribution >= 4 is 29.7 Å². The van der Waals surface area contributed by atoms with Crippen molar-refractivity contribution in [2.75, 3.05) is 25.0 Å². The summed E-state index contributed by atoms with van der Waals surface area (Å²) in [6.07, 6.45) is 3.51. The predicted octanol–water partition coefficient (Wildman–Crippen LogP) is 4.63.